The normalized spacial score (nSPS) is 29.4. The third kappa shape index (κ3) is 3.38. The highest BCUT2D eigenvalue weighted by Gasteiger charge is 2.30. The molecule has 1 aromatic carbocycles. The molecule has 2 aliphatic heterocycles. The number of benzene rings is 1. The van der Waals surface area contributed by atoms with Crippen LogP contribution in [0.2, 0.25) is 0 Å². The number of hydrogen-bond donors (Lipinski definition) is 1. The lowest BCUT2D eigenvalue weighted by Crippen LogP contribution is -2.44. The molecule has 0 radical (unpaired) electrons. The van der Waals surface area contributed by atoms with Gasteiger partial charge < -0.3 is 10.1 Å². The van der Waals surface area contributed by atoms with E-state index in [9.17, 15) is 0 Å². The molecule has 3 unspecified atom stereocenters. The molecule has 20 heavy (non-hydrogen) atoms. The Morgan fingerprint density at radius 3 is 3.10 bits per heavy atom. The first kappa shape index (κ1) is 14.4. The zero-order valence-corrected chi connectivity index (χ0v) is 13.1. The SMILES string of the molecule is CCCNC1CCOCC1CC1Cc2ccccc2S1. The predicted octanol–water partition coefficient (Wildman–Crippen LogP) is 3.50. The Balaban J connectivity index is 1.57. The third-order valence-electron chi connectivity index (χ3n) is 4.41. The molecule has 2 heterocycles. The van der Waals surface area contributed by atoms with Crippen molar-refractivity contribution >= 4 is 11.8 Å². The molecule has 0 spiro atoms. The van der Waals surface area contributed by atoms with Crippen LogP contribution in [0, 0.1) is 5.92 Å². The molecule has 110 valence electrons. The summed E-state index contributed by atoms with van der Waals surface area (Å²) in [4.78, 5) is 1.49. The zero-order valence-electron chi connectivity index (χ0n) is 12.3. The summed E-state index contributed by atoms with van der Waals surface area (Å²) in [5.74, 6) is 0.683. The van der Waals surface area contributed by atoms with E-state index in [0.29, 0.717) is 12.0 Å². The van der Waals surface area contributed by atoms with E-state index in [1.54, 1.807) is 0 Å². The quantitative estimate of drug-likeness (QED) is 0.897. The van der Waals surface area contributed by atoms with E-state index in [1.165, 1.54) is 36.1 Å². The van der Waals surface area contributed by atoms with E-state index in [2.05, 4.69) is 48.3 Å². The topological polar surface area (TPSA) is 21.3 Å². The third-order valence-corrected chi connectivity index (χ3v) is 5.75. The van der Waals surface area contributed by atoms with Crippen molar-refractivity contribution < 1.29 is 4.74 Å². The Bertz CT molecular complexity index is 412. The Hall–Kier alpha value is -0.510. The standard InChI is InChI=1S/C17H25NOS/c1-2-8-18-16-7-9-19-12-14(16)11-15-10-13-5-3-4-6-17(13)20-15/h3-6,14-16,18H,2,7-12H2,1H3. The van der Waals surface area contributed by atoms with Gasteiger partial charge in [-0.3, -0.25) is 0 Å². The maximum absolute atomic E-state index is 5.73. The van der Waals surface area contributed by atoms with E-state index in [4.69, 9.17) is 4.74 Å². The average molecular weight is 291 g/mol. The van der Waals surface area contributed by atoms with Crippen molar-refractivity contribution in [2.75, 3.05) is 19.8 Å². The van der Waals surface area contributed by atoms with Crippen LogP contribution in [0.4, 0.5) is 0 Å². The second-order valence-corrected chi connectivity index (χ2v) is 7.31. The number of hydrogen-bond acceptors (Lipinski definition) is 3. The summed E-state index contributed by atoms with van der Waals surface area (Å²) in [6, 6.07) is 9.53. The Morgan fingerprint density at radius 1 is 1.35 bits per heavy atom. The van der Waals surface area contributed by atoms with Gasteiger partial charge >= 0.3 is 0 Å². The lowest BCUT2D eigenvalue weighted by Gasteiger charge is -2.33. The maximum Gasteiger partial charge on any atom is 0.0509 e. The highest BCUT2D eigenvalue weighted by molar-refractivity contribution is 8.00. The van der Waals surface area contributed by atoms with Crippen LogP contribution in [-0.2, 0) is 11.2 Å². The van der Waals surface area contributed by atoms with Gasteiger partial charge in [-0.2, -0.15) is 0 Å². The van der Waals surface area contributed by atoms with Gasteiger partial charge in [0, 0.05) is 22.8 Å². The van der Waals surface area contributed by atoms with E-state index < -0.39 is 0 Å². The molecular formula is C17H25NOS. The number of thioether (sulfide) groups is 1. The maximum atomic E-state index is 5.73. The summed E-state index contributed by atoms with van der Waals surface area (Å²) in [6.45, 7) is 5.24. The number of nitrogens with one attached hydrogen (secondary N) is 1. The molecule has 0 bridgehead atoms. The lowest BCUT2D eigenvalue weighted by atomic mass is 9.89. The molecule has 0 saturated carbocycles. The molecule has 2 aliphatic rings. The molecule has 3 atom stereocenters. The number of ether oxygens (including phenoxy) is 1. The summed E-state index contributed by atoms with van der Waals surface area (Å²) in [5, 5.41) is 4.47. The minimum Gasteiger partial charge on any atom is -0.381 e. The van der Waals surface area contributed by atoms with Gasteiger partial charge in [0.2, 0.25) is 0 Å². The van der Waals surface area contributed by atoms with Gasteiger partial charge in [-0.15, -0.1) is 11.8 Å². The van der Waals surface area contributed by atoms with Crippen molar-refractivity contribution in [2.24, 2.45) is 5.92 Å². The van der Waals surface area contributed by atoms with Crippen molar-refractivity contribution in [2.45, 2.75) is 48.8 Å². The van der Waals surface area contributed by atoms with Crippen molar-refractivity contribution in [3.63, 3.8) is 0 Å². The Morgan fingerprint density at radius 2 is 2.25 bits per heavy atom. The molecule has 0 amide bonds. The minimum absolute atomic E-state index is 0.660. The second kappa shape index (κ2) is 6.97. The molecule has 3 heteroatoms. The monoisotopic (exact) mass is 291 g/mol. The first-order valence-corrected chi connectivity index (χ1v) is 8.80. The molecule has 1 aromatic rings. The first-order chi connectivity index (χ1) is 9.86. The zero-order chi connectivity index (χ0) is 13.8. The highest BCUT2D eigenvalue weighted by atomic mass is 32.2. The van der Waals surface area contributed by atoms with Gasteiger partial charge in [0.25, 0.3) is 0 Å². The van der Waals surface area contributed by atoms with Crippen molar-refractivity contribution in [3.8, 4) is 0 Å². The van der Waals surface area contributed by atoms with Gasteiger partial charge in [-0.1, -0.05) is 25.1 Å². The van der Waals surface area contributed by atoms with Crippen molar-refractivity contribution in [3.05, 3.63) is 29.8 Å². The van der Waals surface area contributed by atoms with Crippen molar-refractivity contribution in [1.82, 2.24) is 5.32 Å². The van der Waals surface area contributed by atoms with Gasteiger partial charge in [-0.05, 0) is 49.8 Å². The van der Waals surface area contributed by atoms with Crippen LogP contribution in [0.3, 0.4) is 0 Å². The van der Waals surface area contributed by atoms with Crippen LogP contribution in [0.5, 0.6) is 0 Å². The van der Waals surface area contributed by atoms with Crippen LogP contribution in [0.25, 0.3) is 0 Å². The van der Waals surface area contributed by atoms with Crippen molar-refractivity contribution in [1.29, 1.82) is 0 Å². The molecule has 0 aliphatic carbocycles. The summed E-state index contributed by atoms with van der Waals surface area (Å²) >= 11 is 2.07. The molecule has 0 aromatic heterocycles. The average Bonchev–Trinajstić information content (AvgIpc) is 2.88. The minimum atomic E-state index is 0.660. The molecule has 2 nitrogen and oxygen atoms in total. The summed E-state index contributed by atoms with van der Waals surface area (Å²) in [7, 11) is 0. The molecular weight excluding hydrogens is 266 g/mol. The smallest absolute Gasteiger partial charge is 0.0509 e. The first-order valence-electron chi connectivity index (χ1n) is 7.92. The van der Waals surface area contributed by atoms with Gasteiger partial charge in [0.1, 0.15) is 0 Å². The molecule has 1 N–H and O–H groups in total. The van der Waals surface area contributed by atoms with Crippen LogP contribution in [0.15, 0.2) is 29.2 Å². The summed E-state index contributed by atoms with van der Waals surface area (Å²) in [6.07, 6.45) is 4.90. The predicted molar refractivity (Wildman–Crippen MR) is 85.4 cm³/mol. The summed E-state index contributed by atoms with van der Waals surface area (Å²) < 4.78 is 5.73. The van der Waals surface area contributed by atoms with Crippen LogP contribution >= 0.6 is 11.8 Å². The number of rotatable bonds is 5. The molecule has 1 saturated heterocycles. The Labute approximate surface area is 126 Å². The summed E-state index contributed by atoms with van der Waals surface area (Å²) in [5.41, 5.74) is 1.54. The highest BCUT2D eigenvalue weighted by Crippen LogP contribution is 2.40. The molecule has 3 rings (SSSR count). The van der Waals surface area contributed by atoms with E-state index in [0.717, 1.165) is 25.0 Å². The van der Waals surface area contributed by atoms with E-state index in [-0.39, 0.29) is 0 Å². The Kier molecular flexibility index (Phi) is 5.03. The van der Waals surface area contributed by atoms with Gasteiger partial charge in [-0.25, -0.2) is 0 Å². The van der Waals surface area contributed by atoms with Gasteiger partial charge in [0.05, 0.1) is 6.61 Å². The van der Waals surface area contributed by atoms with Crippen LogP contribution in [-0.4, -0.2) is 31.1 Å². The largest absolute Gasteiger partial charge is 0.381 e. The van der Waals surface area contributed by atoms with Crippen LogP contribution in [0.1, 0.15) is 31.7 Å². The van der Waals surface area contributed by atoms with Crippen LogP contribution < -0.4 is 5.32 Å². The van der Waals surface area contributed by atoms with E-state index in [1.807, 2.05) is 0 Å². The fourth-order valence-corrected chi connectivity index (χ4v) is 4.78. The van der Waals surface area contributed by atoms with E-state index >= 15 is 0 Å². The number of fused-ring (bicyclic) bond motifs is 1. The fraction of sp³-hybridized carbons (Fsp3) is 0.647. The van der Waals surface area contributed by atoms with Gasteiger partial charge in [0.15, 0.2) is 0 Å². The lowest BCUT2D eigenvalue weighted by molar-refractivity contribution is 0.0288. The fourth-order valence-electron chi connectivity index (χ4n) is 3.35. The molecule has 1 fully saturated rings. The second-order valence-electron chi connectivity index (χ2n) is 5.97.